The van der Waals surface area contributed by atoms with Crippen LogP contribution in [-0.2, 0) is 0 Å². The first-order valence-electron chi connectivity index (χ1n) is 6.99. The summed E-state index contributed by atoms with van der Waals surface area (Å²) in [7, 11) is 2.32. The Labute approximate surface area is 99.2 Å². The molecule has 0 aliphatic carbocycles. The predicted octanol–water partition coefficient (Wildman–Crippen LogP) is 0.764. The summed E-state index contributed by atoms with van der Waals surface area (Å²) < 4.78 is 0. The molecular formula is C13H25N3. The summed E-state index contributed by atoms with van der Waals surface area (Å²) >= 11 is 0. The second kappa shape index (κ2) is 4.63. The van der Waals surface area contributed by atoms with E-state index in [0.29, 0.717) is 0 Å². The Bertz CT molecular complexity index is 237. The van der Waals surface area contributed by atoms with Crippen LogP contribution in [0.5, 0.6) is 0 Å². The van der Waals surface area contributed by atoms with Crippen LogP contribution >= 0.6 is 0 Å². The minimum absolute atomic E-state index is 0.841. The number of piperidine rings is 2. The highest BCUT2D eigenvalue weighted by molar-refractivity contribution is 4.92. The average Bonchev–Trinajstić information content (AvgIpc) is 2.82. The maximum absolute atomic E-state index is 3.50. The zero-order valence-electron chi connectivity index (χ0n) is 10.5. The van der Waals surface area contributed by atoms with Gasteiger partial charge in [0.25, 0.3) is 0 Å². The molecule has 3 saturated heterocycles. The highest BCUT2D eigenvalue weighted by Gasteiger charge is 2.36. The van der Waals surface area contributed by atoms with E-state index < -0.39 is 0 Å². The maximum atomic E-state index is 3.50. The van der Waals surface area contributed by atoms with Gasteiger partial charge in [0.05, 0.1) is 0 Å². The van der Waals surface area contributed by atoms with Crippen LogP contribution in [0.4, 0.5) is 0 Å². The summed E-state index contributed by atoms with van der Waals surface area (Å²) in [6.07, 6.45) is 5.64. The lowest BCUT2D eigenvalue weighted by atomic mass is 9.83. The second-order valence-electron chi connectivity index (χ2n) is 5.88. The first-order valence-corrected chi connectivity index (χ1v) is 6.99. The van der Waals surface area contributed by atoms with Crippen LogP contribution in [0.3, 0.4) is 0 Å². The lowest BCUT2D eigenvalue weighted by Crippen LogP contribution is -2.55. The Morgan fingerprint density at radius 2 is 2.06 bits per heavy atom. The largest absolute Gasteiger partial charge is 0.315 e. The minimum Gasteiger partial charge on any atom is -0.315 e. The molecule has 0 aromatic heterocycles. The number of nitrogens with zero attached hydrogens (tertiary/aromatic N) is 2. The molecule has 3 rings (SSSR count). The first-order chi connectivity index (χ1) is 7.84. The average molecular weight is 223 g/mol. The normalized spacial score (nSPS) is 42.2. The van der Waals surface area contributed by atoms with Gasteiger partial charge in [-0.15, -0.1) is 0 Å². The van der Waals surface area contributed by atoms with Crippen molar-refractivity contribution < 1.29 is 0 Å². The molecule has 0 spiro atoms. The van der Waals surface area contributed by atoms with E-state index in [4.69, 9.17) is 0 Å². The summed E-state index contributed by atoms with van der Waals surface area (Å²) in [6.45, 7) is 6.48. The molecule has 3 aliphatic rings. The minimum atomic E-state index is 0.841. The quantitative estimate of drug-likeness (QED) is 0.708. The Morgan fingerprint density at radius 1 is 1.12 bits per heavy atom. The van der Waals surface area contributed by atoms with Crippen molar-refractivity contribution in [2.75, 3.05) is 39.8 Å². The van der Waals surface area contributed by atoms with Gasteiger partial charge in [-0.2, -0.15) is 0 Å². The molecule has 0 radical (unpaired) electrons. The molecule has 0 bridgehead atoms. The Morgan fingerprint density at radius 3 is 2.88 bits per heavy atom. The van der Waals surface area contributed by atoms with E-state index >= 15 is 0 Å². The molecule has 3 nitrogen and oxygen atoms in total. The van der Waals surface area contributed by atoms with Crippen molar-refractivity contribution in [3.63, 3.8) is 0 Å². The zero-order chi connectivity index (χ0) is 11.0. The third-order valence-electron chi connectivity index (χ3n) is 4.93. The van der Waals surface area contributed by atoms with Gasteiger partial charge in [0.2, 0.25) is 0 Å². The molecule has 1 N–H and O–H groups in total. The standard InChI is InChI=1S/C13H25N3/c1-15-7-2-3-11-10-16(8-5-13(11)15)12-4-6-14-9-12/h11-14H,2-10H2,1H3. The van der Waals surface area contributed by atoms with E-state index in [1.165, 1.54) is 58.4 Å². The van der Waals surface area contributed by atoms with Gasteiger partial charge < -0.3 is 10.2 Å². The molecule has 3 heterocycles. The number of nitrogens with one attached hydrogen (secondary N) is 1. The molecule has 0 amide bonds. The van der Waals surface area contributed by atoms with Crippen molar-refractivity contribution in [2.24, 2.45) is 5.92 Å². The third kappa shape index (κ3) is 2.01. The third-order valence-corrected chi connectivity index (χ3v) is 4.93. The van der Waals surface area contributed by atoms with Crippen LogP contribution < -0.4 is 5.32 Å². The van der Waals surface area contributed by atoms with Gasteiger partial charge in [-0.1, -0.05) is 0 Å². The van der Waals surface area contributed by atoms with Crippen molar-refractivity contribution >= 4 is 0 Å². The Balaban J connectivity index is 1.61. The summed E-state index contributed by atoms with van der Waals surface area (Å²) in [5.74, 6) is 0.952. The lowest BCUT2D eigenvalue weighted by molar-refractivity contribution is 0.0235. The van der Waals surface area contributed by atoms with Crippen LogP contribution in [0.1, 0.15) is 25.7 Å². The highest BCUT2D eigenvalue weighted by Crippen LogP contribution is 2.30. The van der Waals surface area contributed by atoms with Crippen molar-refractivity contribution in [1.82, 2.24) is 15.1 Å². The smallest absolute Gasteiger partial charge is 0.0232 e. The summed E-state index contributed by atoms with van der Waals surface area (Å²) in [4.78, 5) is 5.37. The van der Waals surface area contributed by atoms with Crippen molar-refractivity contribution in [3.05, 3.63) is 0 Å². The van der Waals surface area contributed by atoms with E-state index in [0.717, 1.165) is 18.0 Å². The fourth-order valence-electron chi connectivity index (χ4n) is 3.96. The summed E-state index contributed by atoms with van der Waals surface area (Å²) in [6, 6.07) is 1.73. The fourth-order valence-corrected chi connectivity index (χ4v) is 3.96. The number of likely N-dealkylation sites (tertiary alicyclic amines) is 2. The van der Waals surface area contributed by atoms with Gasteiger partial charge in [-0.3, -0.25) is 4.90 Å². The zero-order valence-corrected chi connectivity index (χ0v) is 10.5. The SMILES string of the molecule is CN1CCCC2CN(C3CCNC3)CCC21. The molecule has 0 saturated carbocycles. The number of rotatable bonds is 1. The molecule has 3 aliphatic heterocycles. The molecule has 3 fully saturated rings. The summed E-state index contributed by atoms with van der Waals surface area (Å²) in [5, 5.41) is 3.50. The maximum Gasteiger partial charge on any atom is 0.0232 e. The fraction of sp³-hybridized carbons (Fsp3) is 1.00. The van der Waals surface area contributed by atoms with Gasteiger partial charge >= 0.3 is 0 Å². The highest BCUT2D eigenvalue weighted by atomic mass is 15.2. The van der Waals surface area contributed by atoms with Crippen molar-refractivity contribution in [1.29, 1.82) is 0 Å². The van der Waals surface area contributed by atoms with Gasteiger partial charge in [-0.05, 0) is 58.3 Å². The summed E-state index contributed by atoms with van der Waals surface area (Å²) in [5.41, 5.74) is 0. The molecule has 0 aromatic rings. The van der Waals surface area contributed by atoms with Crippen molar-refractivity contribution in [2.45, 2.75) is 37.8 Å². The number of fused-ring (bicyclic) bond motifs is 1. The molecule has 16 heavy (non-hydrogen) atoms. The van der Waals surface area contributed by atoms with Crippen LogP contribution in [0.25, 0.3) is 0 Å². The molecule has 3 heteroatoms. The van der Waals surface area contributed by atoms with Gasteiger partial charge in [0.1, 0.15) is 0 Å². The molecular weight excluding hydrogens is 198 g/mol. The van der Waals surface area contributed by atoms with E-state index in [-0.39, 0.29) is 0 Å². The molecule has 3 unspecified atom stereocenters. The first kappa shape index (κ1) is 11.0. The van der Waals surface area contributed by atoms with Gasteiger partial charge in [0, 0.05) is 25.2 Å². The monoisotopic (exact) mass is 223 g/mol. The van der Waals surface area contributed by atoms with Crippen LogP contribution in [0, 0.1) is 5.92 Å². The van der Waals surface area contributed by atoms with Gasteiger partial charge in [0.15, 0.2) is 0 Å². The number of hydrogen-bond acceptors (Lipinski definition) is 3. The lowest BCUT2D eigenvalue weighted by Gasteiger charge is -2.47. The Hall–Kier alpha value is -0.120. The molecule has 0 aromatic carbocycles. The van der Waals surface area contributed by atoms with Crippen LogP contribution in [0.15, 0.2) is 0 Å². The molecule has 3 atom stereocenters. The predicted molar refractivity (Wildman–Crippen MR) is 66.6 cm³/mol. The van der Waals surface area contributed by atoms with E-state index in [1.807, 2.05) is 0 Å². The van der Waals surface area contributed by atoms with Crippen LogP contribution in [-0.4, -0.2) is 61.7 Å². The van der Waals surface area contributed by atoms with E-state index in [2.05, 4.69) is 22.2 Å². The topological polar surface area (TPSA) is 18.5 Å². The van der Waals surface area contributed by atoms with Crippen LogP contribution in [0.2, 0.25) is 0 Å². The Kier molecular flexibility index (Phi) is 3.18. The second-order valence-corrected chi connectivity index (χ2v) is 5.88. The van der Waals surface area contributed by atoms with Gasteiger partial charge in [-0.25, -0.2) is 0 Å². The molecule has 92 valence electrons. The van der Waals surface area contributed by atoms with E-state index in [9.17, 15) is 0 Å². The van der Waals surface area contributed by atoms with Crippen molar-refractivity contribution in [3.8, 4) is 0 Å². The van der Waals surface area contributed by atoms with E-state index in [1.54, 1.807) is 0 Å². The number of hydrogen-bond donors (Lipinski definition) is 1.